The lowest BCUT2D eigenvalue weighted by Gasteiger charge is -2.48. The summed E-state index contributed by atoms with van der Waals surface area (Å²) in [7, 11) is 0. The summed E-state index contributed by atoms with van der Waals surface area (Å²) in [5, 5.41) is 9.17. The summed E-state index contributed by atoms with van der Waals surface area (Å²) in [6.07, 6.45) is 6.01. The summed E-state index contributed by atoms with van der Waals surface area (Å²) in [5.41, 5.74) is 9.99. The van der Waals surface area contributed by atoms with Crippen LogP contribution in [0.2, 0.25) is 0 Å². The number of ketones is 1. The quantitative estimate of drug-likeness (QED) is 0.744. The minimum atomic E-state index is -0.0726. The lowest BCUT2D eigenvalue weighted by molar-refractivity contribution is -0.129. The van der Waals surface area contributed by atoms with Gasteiger partial charge in [-0.3, -0.25) is 4.79 Å². The number of nitrogens with two attached hydrogens (primary N) is 1. The first-order chi connectivity index (χ1) is 10.6. The SMILES string of the molecule is C[C@]12CCC3c4ccc(C#N)c(N)c4CCC3C1CCC2=O. The maximum atomic E-state index is 12.3. The third-order valence-electron chi connectivity index (χ3n) is 6.79. The highest BCUT2D eigenvalue weighted by molar-refractivity contribution is 5.87. The molecule has 0 aromatic heterocycles. The lowest BCUT2D eigenvalue weighted by atomic mass is 9.55. The van der Waals surface area contributed by atoms with E-state index >= 15 is 0 Å². The van der Waals surface area contributed by atoms with Crippen LogP contribution in [0.3, 0.4) is 0 Å². The number of hydrogen-bond donors (Lipinski definition) is 1. The van der Waals surface area contributed by atoms with Crippen molar-refractivity contribution in [1.29, 1.82) is 5.26 Å². The molecule has 3 nitrogen and oxygen atoms in total. The van der Waals surface area contributed by atoms with E-state index in [9.17, 15) is 10.1 Å². The summed E-state index contributed by atoms with van der Waals surface area (Å²) in [5.74, 6) is 2.18. The third kappa shape index (κ3) is 1.64. The number of anilines is 1. The molecule has 3 unspecified atom stereocenters. The Morgan fingerprint density at radius 2 is 2.09 bits per heavy atom. The molecule has 4 atom stereocenters. The molecule has 22 heavy (non-hydrogen) atoms. The van der Waals surface area contributed by atoms with E-state index in [2.05, 4.69) is 19.1 Å². The van der Waals surface area contributed by atoms with Crippen LogP contribution in [0.1, 0.15) is 61.6 Å². The van der Waals surface area contributed by atoms with Crippen molar-refractivity contribution in [3.8, 4) is 6.07 Å². The number of nitriles is 1. The number of carbonyl (C=O) groups is 1. The minimum absolute atomic E-state index is 0.0726. The number of carbonyl (C=O) groups excluding carboxylic acids is 1. The number of nitrogens with zero attached hydrogens (tertiary/aromatic N) is 1. The molecule has 2 saturated carbocycles. The van der Waals surface area contributed by atoms with Crippen LogP contribution in [0.25, 0.3) is 0 Å². The van der Waals surface area contributed by atoms with Gasteiger partial charge < -0.3 is 5.73 Å². The second-order valence-electron chi connectivity index (χ2n) is 7.54. The molecule has 0 aliphatic heterocycles. The largest absolute Gasteiger partial charge is 0.397 e. The molecule has 4 rings (SSSR count). The molecule has 3 heteroatoms. The van der Waals surface area contributed by atoms with Gasteiger partial charge in [0.2, 0.25) is 0 Å². The van der Waals surface area contributed by atoms with Crippen LogP contribution in [0.5, 0.6) is 0 Å². The predicted molar refractivity (Wildman–Crippen MR) is 85.2 cm³/mol. The molecular weight excluding hydrogens is 272 g/mol. The van der Waals surface area contributed by atoms with Crippen molar-refractivity contribution >= 4 is 11.5 Å². The fourth-order valence-corrected chi connectivity index (χ4v) is 5.56. The van der Waals surface area contributed by atoms with Gasteiger partial charge >= 0.3 is 0 Å². The van der Waals surface area contributed by atoms with E-state index in [1.807, 2.05) is 6.07 Å². The molecule has 2 fully saturated rings. The Morgan fingerprint density at radius 1 is 1.27 bits per heavy atom. The van der Waals surface area contributed by atoms with Gasteiger partial charge in [-0.05, 0) is 67.1 Å². The van der Waals surface area contributed by atoms with Crippen LogP contribution in [0, 0.1) is 28.6 Å². The summed E-state index contributed by atoms with van der Waals surface area (Å²) in [6, 6.07) is 6.20. The highest BCUT2D eigenvalue weighted by Gasteiger charge is 2.54. The molecule has 0 amide bonds. The van der Waals surface area contributed by atoms with Crippen LogP contribution in [-0.4, -0.2) is 5.78 Å². The van der Waals surface area contributed by atoms with Gasteiger partial charge in [0.1, 0.15) is 11.9 Å². The summed E-state index contributed by atoms with van der Waals surface area (Å²) in [4.78, 5) is 12.3. The van der Waals surface area contributed by atoms with Gasteiger partial charge in [0, 0.05) is 11.8 Å². The molecule has 114 valence electrons. The summed E-state index contributed by atoms with van der Waals surface area (Å²) >= 11 is 0. The molecule has 0 radical (unpaired) electrons. The summed E-state index contributed by atoms with van der Waals surface area (Å²) in [6.45, 7) is 2.20. The molecular formula is C19H22N2O. The molecule has 0 heterocycles. The zero-order valence-corrected chi connectivity index (χ0v) is 13.1. The van der Waals surface area contributed by atoms with Gasteiger partial charge in [-0.2, -0.15) is 5.26 Å². The molecule has 3 aliphatic rings. The molecule has 1 aromatic rings. The second-order valence-corrected chi connectivity index (χ2v) is 7.54. The van der Waals surface area contributed by atoms with Crippen LogP contribution in [0.15, 0.2) is 12.1 Å². The molecule has 0 spiro atoms. The average molecular weight is 294 g/mol. The number of benzene rings is 1. The Morgan fingerprint density at radius 3 is 2.86 bits per heavy atom. The first-order valence-electron chi connectivity index (χ1n) is 8.41. The fraction of sp³-hybridized carbons (Fsp3) is 0.579. The van der Waals surface area contributed by atoms with Gasteiger partial charge in [-0.1, -0.05) is 13.0 Å². The lowest BCUT2D eigenvalue weighted by Crippen LogP contribution is -2.42. The fourth-order valence-electron chi connectivity index (χ4n) is 5.56. The van der Waals surface area contributed by atoms with E-state index in [0.717, 1.165) is 38.5 Å². The molecule has 0 saturated heterocycles. The zero-order chi connectivity index (χ0) is 15.5. The van der Waals surface area contributed by atoms with Gasteiger partial charge in [-0.15, -0.1) is 0 Å². The first-order valence-corrected chi connectivity index (χ1v) is 8.41. The van der Waals surface area contributed by atoms with E-state index in [1.165, 1.54) is 11.1 Å². The first kappa shape index (κ1) is 13.8. The molecule has 2 N–H and O–H groups in total. The van der Waals surface area contributed by atoms with E-state index in [0.29, 0.717) is 34.8 Å². The van der Waals surface area contributed by atoms with Gasteiger partial charge in [0.25, 0.3) is 0 Å². The van der Waals surface area contributed by atoms with Crippen LogP contribution in [-0.2, 0) is 11.2 Å². The average Bonchev–Trinajstić information content (AvgIpc) is 2.83. The Labute approximate surface area is 131 Å². The third-order valence-corrected chi connectivity index (χ3v) is 6.79. The number of fused-ring (bicyclic) bond motifs is 5. The number of hydrogen-bond acceptors (Lipinski definition) is 3. The van der Waals surface area contributed by atoms with Crippen LogP contribution in [0.4, 0.5) is 5.69 Å². The normalized spacial score (nSPS) is 36.2. The van der Waals surface area contributed by atoms with Gasteiger partial charge in [0.05, 0.1) is 11.3 Å². The second kappa shape index (κ2) is 4.59. The van der Waals surface area contributed by atoms with Crippen molar-refractivity contribution in [1.82, 2.24) is 0 Å². The number of nitrogen functional groups attached to an aromatic ring is 1. The summed E-state index contributed by atoms with van der Waals surface area (Å²) < 4.78 is 0. The molecule has 3 aliphatic carbocycles. The monoisotopic (exact) mass is 294 g/mol. The molecule has 1 aromatic carbocycles. The van der Waals surface area contributed by atoms with Crippen molar-refractivity contribution in [3.05, 3.63) is 28.8 Å². The van der Waals surface area contributed by atoms with Crippen molar-refractivity contribution in [3.63, 3.8) is 0 Å². The van der Waals surface area contributed by atoms with E-state index in [-0.39, 0.29) is 5.41 Å². The van der Waals surface area contributed by atoms with Crippen LogP contribution >= 0.6 is 0 Å². The number of Topliss-reactive ketones (excluding diaryl/α,β-unsaturated/α-hetero) is 1. The van der Waals surface area contributed by atoms with Crippen molar-refractivity contribution in [2.24, 2.45) is 17.3 Å². The van der Waals surface area contributed by atoms with Crippen molar-refractivity contribution < 1.29 is 4.79 Å². The van der Waals surface area contributed by atoms with Gasteiger partial charge in [-0.25, -0.2) is 0 Å². The topological polar surface area (TPSA) is 66.9 Å². The van der Waals surface area contributed by atoms with E-state index in [4.69, 9.17) is 5.73 Å². The van der Waals surface area contributed by atoms with Crippen molar-refractivity contribution in [2.75, 3.05) is 5.73 Å². The predicted octanol–water partition coefficient (Wildman–Crippen LogP) is 3.57. The van der Waals surface area contributed by atoms with Crippen LogP contribution < -0.4 is 5.73 Å². The minimum Gasteiger partial charge on any atom is -0.397 e. The number of rotatable bonds is 0. The highest BCUT2D eigenvalue weighted by Crippen LogP contribution is 2.59. The molecule has 0 bridgehead atoms. The Hall–Kier alpha value is -1.82. The zero-order valence-electron chi connectivity index (χ0n) is 13.1. The Kier molecular flexibility index (Phi) is 2.88. The highest BCUT2D eigenvalue weighted by atomic mass is 16.1. The van der Waals surface area contributed by atoms with Gasteiger partial charge in [0.15, 0.2) is 0 Å². The van der Waals surface area contributed by atoms with Crippen molar-refractivity contribution in [2.45, 2.75) is 51.4 Å². The standard InChI is InChI=1S/C19H22N2O/c1-19-9-8-13-12-3-2-11(10-20)18(21)15(12)5-4-14(13)16(19)6-7-17(19)22/h2-3,13-14,16H,4-9,21H2,1H3/t13?,14?,16?,19-/m0/s1. The Bertz CT molecular complexity index is 702. The van der Waals surface area contributed by atoms with E-state index < -0.39 is 0 Å². The smallest absolute Gasteiger partial charge is 0.139 e. The maximum absolute atomic E-state index is 12.3. The van der Waals surface area contributed by atoms with E-state index in [1.54, 1.807) is 0 Å². The maximum Gasteiger partial charge on any atom is 0.139 e. The Balaban J connectivity index is 1.75.